The SMILES string of the molecule is [C-]#[N+]c1ccc(-c2ccc3nc([C@H](N)[C@H](C)OC)[nH]c3c2)cc1. The zero-order chi connectivity index (χ0) is 16.4. The van der Waals surface area contributed by atoms with Gasteiger partial charge in [0.25, 0.3) is 0 Å². The number of imidazole rings is 1. The Balaban J connectivity index is 1.97. The van der Waals surface area contributed by atoms with Crippen LogP contribution in [0.5, 0.6) is 0 Å². The summed E-state index contributed by atoms with van der Waals surface area (Å²) < 4.78 is 5.27. The van der Waals surface area contributed by atoms with Gasteiger partial charge >= 0.3 is 0 Å². The fraction of sp³-hybridized carbons (Fsp3) is 0.222. The predicted octanol–water partition coefficient (Wildman–Crippen LogP) is 3.82. The number of rotatable bonds is 4. The van der Waals surface area contributed by atoms with E-state index in [1.165, 1.54) is 0 Å². The molecule has 2 aromatic carbocycles. The second-order valence-corrected chi connectivity index (χ2v) is 5.48. The quantitative estimate of drug-likeness (QED) is 0.720. The molecule has 0 aliphatic heterocycles. The van der Waals surface area contributed by atoms with Crippen LogP contribution >= 0.6 is 0 Å². The first kappa shape index (κ1) is 15.2. The third kappa shape index (κ3) is 2.95. The highest BCUT2D eigenvalue weighted by atomic mass is 16.5. The molecule has 3 aromatic rings. The van der Waals surface area contributed by atoms with Gasteiger partial charge in [0.1, 0.15) is 5.82 Å². The van der Waals surface area contributed by atoms with E-state index in [9.17, 15) is 0 Å². The van der Waals surface area contributed by atoms with Gasteiger partial charge in [-0.2, -0.15) is 0 Å². The lowest BCUT2D eigenvalue weighted by Crippen LogP contribution is -2.26. The largest absolute Gasteiger partial charge is 0.380 e. The van der Waals surface area contributed by atoms with Crippen LogP contribution in [-0.4, -0.2) is 23.2 Å². The highest BCUT2D eigenvalue weighted by Gasteiger charge is 2.18. The summed E-state index contributed by atoms with van der Waals surface area (Å²) in [5.41, 5.74) is 10.7. The van der Waals surface area contributed by atoms with E-state index in [1.54, 1.807) is 7.11 Å². The van der Waals surface area contributed by atoms with Crippen molar-refractivity contribution in [2.45, 2.75) is 19.1 Å². The molecular formula is C18H18N4O. The van der Waals surface area contributed by atoms with Crippen LogP contribution in [-0.2, 0) is 4.74 Å². The predicted molar refractivity (Wildman–Crippen MR) is 91.2 cm³/mol. The first-order valence-electron chi connectivity index (χ1n) is 7.38. The Morgan fingerprint density at radius 1 is 1.17 bits per heavy atom. The average molecular weight is 306 g/mol. The molecule has 3 rings (SSSR count). The van der Waals surface area contributed by atoms with Crippen LogP contribution in [0.3, 0.4) is 0 Å². The summed E-state index contributed by atoms with van der Waals surface area (Å²) in [4.78, 5) is 11.2. The Labute approximate surface area is 134 Å². The second kappa shape index (κ2) is 6.21. The van der Waals surface area contributed by atoms with Crippen molar-refractivity contribution in [1.29, 1.82) is 0 Å². The molecular weight excluding hydrogens is 288 g/mol. The van der Waals surface area contributed by atoms with Crippen LogP contribution in [0.15, 0.2) is 42.5 Å². The number of nitrogens with zero attached hydrogens (tertiary/aromatic N) is 2. The summed E-state index contributed by atoms with van der Waals surface area (Å²) in [6, 6.07) is 13.3. The molecule has 0 fully saturated rings. The molecule has 23 heavy (non-hydrogen) atoms. The fourth-order valence-corrected chi connectivity index (χ4v) is 2.46. The first-order valence-corrected chi connectivity index (χ1v) is 7.38. The highest BCUT2D eigenvalue weighted by molar-refractivity contribution is 5.82. The summed E-state index contributed by atoms with van der Waals surface area (Å²) in [6.45, 7) is 8.93. The number of nitrogens with two attached hydrogens (primary N) is 1. The molecule has 0 saturated heterocycles. The Hall–Kier alpha value is -2.68. The van der Waals surface area contributed by atoms with E-state index in [2.05, 4.69) is 14.8 Å². The van der Waals surface area contributed by atoms with Gasteiger partial charge in [0.2, 0.25) is 0 Å². The average Bonchev–Trinajstić information content (AvgIpc) is 3.03. The minimum atomic E-state index is -0.297. The van der Waals surface area contributed by atoms with E-state index in [0.29, 0.717) is 5.69 Å². The number of methoxy groups -OCH3 is 1. The van der Waals surface area contributed by atoms with Gasteiger partial charge in [0, 0.05) is 7.11 Å². The summed E-state index contributed by atoms with van der Waals surface area (Å²) >= 11 is 0. The number of hydrogen-bond acceptors (Lipinski definition) is 3. The molecule has 0 bridgehead atoms. The third-order valence-electron chi connectivity index (χ3n) is 4.02. The Morgan fingerprint density at radius 3 is 2.52 bits per heavy atom. The Kier molecular flexibility index (Phi) is 4.11. The van der Waals surface area contributed by atoms with Crippen molar-refractivity contribution in [2.24, 2.45) is 5.73 Å². The molecule has 0 aliphatic rings. The number of nitrogens with one attached hydrogen (secondary N) is 1. The number of fused-ring (bicyclic) bond motifs is 1. The summed E-state index contributed by atoms with van der Waals surface area (Å²) in [5.74, 6) is 0.717. The van der Waals surface area contributed by atoms with Gasteiger partial charge in [-0.1, -0.05) is 30.3 Å². The molecule has 0 saturated carbocycles. The molecule has 0 unspecified atom stereocenters. The maximum atomic E-state index is 7.01. The number of aromatic nitrogens is 2. The minimum absolute atomic E-state index is 0.115. The molecule has 0 spiro atoms. The van der Waals surface area contributed by atoms with Gasteiger partial charge in [-0.15, -0.1) is 0 Å². The topological polar surface area (TPSA) is 68.3 Å². The lowest BCUT2D eigenvalue weighted by Gasteiger charge is -2.15. The molecule has 1 aromatic heterocycles. The fourth-order valence-electron chi connectivity index (χ4n) is 2.46. The molecule has 5 nitrogen and oxygen atoms in total. The van der Waals surface area contributed by atoms with Crippen molar-refractivity contribution >= 4 is 16.7 Å². The first-order chi connectivity index (χ1) is 11.1. The van der Waals surface area contributed by atoms with Crippen molar-refractivity contribution in [3.63, 3.8) is 0 Å². The van der Waals surface area contributed by atoms with Crippen LogP contribution in [0.1, 0.15) is 18.8 Å². The monoisotopic (exact) mass is 306 g/mol. The molecule has 0 radical (unpaired) electrons. The number of hydrogen-bond donors (Lipinski definition) is 2. The van der Waals surface area contributed by atoms with Gasteiger partial charge < -0.3 is 15.5 Å². The van der Waals surface area contributed by atoms with Crippen LogP contribution in [0, 0.1) is 6.57 Å². The van der Waals surface area contributed by atoms with Crippen LogP contribution < -0.4 is 5.73 Å². The maximum absolute atomic E-state index is 7.01. The normalized spacial score (nSPS) is 13.7. The molecule has 116 valence electrons. The summed E-state index contributed by atoms with van der Waals surface area (Å²) in [5, 5.41) is 0. The van der Waals surface area contributed by atoms with E-state index < -0.39 is 0 Å². The number of benzene rings is 2. The van der Waals surface area contributed by atoms with Crippen molar-refractivity contribution in [3.8, 4) is 11.1 Å². The van der Waals surface area contributed by atoms with E-state index >= 15 is 0 Å². The minimum Gasteiger partial charge on any atom is -0.380 e. The Morgan fingerprint density at radius 2 is 1.87 bits per heavy atom. The van der Waals surface area contributed by atoms with Crippen LogP contribution in [0.4, 0.5) is 5.69 Å². The number of aromatic amines is 1. The standard InChI is InChI=1S/C18H18N4O/c1-11(23-3)17(19)18-21-15-9-6-13(10-16(15)22-18)12-4-7-14(20-2)8-5-12/h4-11,17H,19H2,1,3H3,(H,21,22)/t11-,17+/m0/s1. The van der Waals surface area contributed by atoms with Crippen LogP contribution in [0.2, 0.25) is 0 Å². The zero-order valence-corrected chi connectivity index (χ0v) is 13.1. The lowest BCUT2D eigenvalue weighted by molar-refractivity contribution is 0.0935. The van der Waals surface area contributed by atoms with E-state index in [0.717, 1.165) is 28.0 Å². The number of H-pyrrole nitrogens is 1. The summed E-state index contributed by atoms with van der Waals surface area (Å²) in [6.07, 6.45) is -0.115. The van der Waals surface area contributed by atoms with Gasteiger partial charge in [-0.3, -0.25) is 0 Å². The van der Waals surface area contributed by atoms with Crippen LogP contribution in [0.25, 0.3) is 27.0 Å². The molecule has 2 atom stereocenters. The van der Waals surface area contributed by atoms with Gasteiger partial charge in [-0.25, -0.2) is 9.83 Å². The molecule has 0 aliphatic carbocycles. The molecule has 3 N–H and O–H groups in total. The summed E-state index contributed by atoms with van der Waals surface area (Å²) in [7, 11) is 1.64. The van der Waals surface area contributed by atoms with Crippen molar-refractivity contribution in [1.82, 2.24) is 9.97 Å². The molecule has 5 heteroatoms. The Bertz CT molecular complexity index is 861. The van der Waals surface area contributed by atoms with Crippen molar-refractivity contribution < 1.29 is 4.74 Å². The van der Waals surface area contributed by atoms with Crippen molar-refractivity contribution in [3.05, 3.63) is 59.7 Å². The smallest absolute Gasteiger partial charge is 0.187 e. The third-order valence-corrected chi connectivity index (χ3v) is 4.02. The van der Waals surface area contributed by atoms with Gasteiger partial charge in [0.05, 0.1) is 29.8 Å². The highest BCUT2D eigenvalue weighted by Crippen LogP contribution is 2.26. The van der Waals surface area contributed by atoms with Gasteiger partial charge in [0.15, 0.2) is 5.69 Å². The zero-order valence-electron chi connectivity index (χ0n) is 13.1. The van der Waals surface area contributed by atoms with Crippen molar-refractivity contribution in [2.75, 3.05) is 7.11 Å². The molecule has 0 amide bonds. The van der Waals surface area contributed by atoms with Gasteiger partial charge in [-0.05, 0) is 30.2 Å². The molecule has 1 heterocycles. The second-order valence-electron chi connectivity index (χ2n) is 5.48. The number of ether oxygens (including phenoxy) is 1. The van der Waals surface area contributed by atoms with E-state index in [-0.39, 0.29) is 12.1 Å². The lowest BCUT2D eigenvalue weighted by atomic mass is 10.0. The van der Waals surface area contributed by atoms with E-state index in [1.807, 2.05) is 49.4 Å². The van der Waals surface area contributed by atoms with E-state index in [4.69, 9.17) is 17.0 Å². The maximum Gasteiger partial charge on any atom is 0.187 e.